The van der Waals surface area contributed by atoms with Crippen molar-refractivity contribution in [1.82, 2.24) is 10.2 Å². The largest absolute Gasteiger partial charge is 0.325 e. The fraction of sp³-hybridized carbons (Fsp3) is 0.438. The maximum absolute atomic E-state index is 12.5. The van der Waals surface area contributed by atoms with Crippen molar-refractivity contribution in [3.63, 3.8) is 0 Å². The first-order valence-corrected chi connectivity index (χ1v) is 7.01. The van der Waals surface area contributed by atoms with Crippen molar-refractivity contribution in [3.05, 3.63) is 35.4 Å². The Labute approximate surface area is 124 Å². The maximum Gasteiger partial charge on any atom is 0.325 e. The molecule has 1 aliphatic heterocycles. The molecule has 1 N–H and O–H groups in total. The van der Waals surface area contributed by atoms with Gasteiger partial charge in [0.2, 0.25) is 0 Å². The van der Waals surface area contributed by atoms with E-state index in [1.165, 1.54) is 5.56 Å². The molecule has 0 bridgehead atoms. The van der Waals surface area contributed by atoms with Crippen LogP contribution in [0.1, 0.15) is 44.2 Å². The van der Waals surface area contributed by atoms with Crippen LogP contribution >= 0.6 is 0 Å². The summed E-state index contributed by atoms with van der Waals surface area (Å²) in [6, 6.07) is 9.21. The van der Waals surface area contributed by atoms with Crippen LogP contribution in [0.2, 0.25) is 0 Å². The van der Waals surface area contributed by atoms with E-state index >= 15 is 0 Å². The fourth-order valence-electron chi connectivity index (χ4n) is 2.46. The Kier molecular flexibility index (Phi) is 3.99. The molecule has 5 heteroatoms. The minimum Gasteiger partial charge on any atom is -0.319 e. The molecular formula is C16H19N3O2. The Balaban J connectivity index is 2.28. The topological polar surface area (TPSA) is 73.2 Å². The van der Waals surface area contributed by atoms with Gasteiger partial charge >= 0.3 is 6.03 Å². The van der Waals surface area contributed by atoms with Crippen LogP contribution in [0.15, 0.2) is 24.3 Å². The van der Waals surface area contributed by atoms with Gasteiger partial charge in [-0.1, -0.05) is 38.1 Å². The second-order valence-electron chi connectivity index (χ2n) is 5.70. The van der Waals surface area contributed by atoms with Crippen LogP contribution in [0.25, 0.3) is 0 Å². The van der Waals surface area contributed by atoms with Gasteiger partial charge in [0.15, 0.2) is 0 Å². The van der Waals surface area contributed by atoms with Gasteiger partial charge in [0.1, 0.15) is 5.54 Å². The Bertz CT molecular complexity index is 601. The van der Waals surface area contributed by atoms with Crippen molar-refractivity contribution in [2.75, 3.05) is 6.54 Å². The average molecular weight is 285 g/mol. The Hall–Kier alpha value is -2.35. The van der Waals surface area contributed by atoms with E-state index in [9.17, 15) is 9.59 Å². The predicted octanol–water partition coefficient (Wildman–Crippen LogP) is 2.49. The van der Waals surface area contributed by atoms with Gasteiger partial charge in [0.05, 0.1) is 12.5 Å². The summed E-state index contributed by atoms with van der Waals surface area (Å²) in [5.41, 5.74) is 0.882. The highest BCUT2D eigenvalue weighted by Gasteiger charge is 2.48. The molecule has 0 aliphatic carbocycles. The molecule has 2 rings (SSSR count). The van der Waals surface area contributed by atoms with Crippen molar-refractivity contribution in [2.45, 2.75) is 38.6 Å². The van der Waals surface area contributed by atoms with E-state index in [0.717, 1.165) is 10.5 Å². The first-order chi connectivity index (χ1) is 9.90. The lowest BCUT2D eigenvalue weighted by Gasteiger charge is -2.22. The first-order valence-electron chi connectivity index (χ1n) is 7.01. The molecular weight excluding hydrogens is 266 g/mol. The SMILES string of the molecule is CC(C)c1ccc(C2(C)NC(=O)N(CCC#N)C2=O)cc1. The highest BCUT2D eigenvalue weighted by molar-refractivity contribution is 6.07. The Morgan fingerprint density at radius 3 is 2.43 bits per heavy atom. The van der Waals surface area contributed by atoms with E-state index in [-0.39, 0.29) is 18.9 Å². The van der Waals surface area contributed by atoms with Crippen LogP contribution in [0.3, 0.4) is 0 Å². The molecule has 1 aromatic carbocycles. The van der Waals surface area contributed by atoms with Crippen LogP contribution in [0, 0.1) is 11.3 Å². The number of hydrogen-bond donors (Lipinski definition) is 1. The number of nitriles is 1. The lowest BCUT2D eigenvalue weighted by Crippen LogP contribution is -2.41. The van der Waals surface area contributed by atoms with Crippen LogP contribution in [-0.2, 0) is 10.3 Å². The third kappa shape index (κ3) is 2.62. The van der Waals surface area contributed by atoms with E-state index in [2.05, 4.69) is 19.2 Å². The zero-order valence-electron chi connectivity index (χ0n) is 12.5. The van der Waals surface area contributed by atoms with E-state index in [1.807, 2.05) is 30.3 Å². The Morgan fingerprint density at radius 2 is 1.90 bits per heavy atom. The number of carbonyl (C=O) groups is 2. The van der Waals surface area contributed by atoms with Gasteiger partial charge in [-0.25, -0.2) is 4.79 Å². The Morgan fingerprint density at radius 1 is 1.29 bits per heavy atom. The molecule has 0 saturated carbocycles. The highest BCUT2D eigenvalue weighted by atomic mass is 16.2. The van der Waals surface area contributed by atoms with Crippen molar-refractivity contribution < 1.29 is 9.59 Å². The van der Waals surface area contributed by atoms with Crippen molar-refractivity contribution in [1.29, 1.82) is 5.26 Å². The normalized spacial score (nSPS) is 21.6. The molecule has 1 atom stereocenters. The molecule has 3 amide bonds. The molecule has 1 saturated heterocycles. The highest BCUT2D eigenvalue weighted by Crippen LogP contribution is 2.29. The zero-order chi connectivity index (χ0) is 15.6. The average Bonchev–Trinajstić information content (AvgIpc) is 2.68. The molecule has 5 nitrogen and oxygen atoms in total. The van der Waals surface area contributed by atoms with Gasteiger partial charge < -0.3 is 5.32 Å². The minimum absolute atomic E-state index is 0.126. The van der Waals surface area contributed by atoms with Gasteiger partial charge in [-0.3, -0.25) is 9.69 Å². The molecule has 0 spiro atoms. The van der Waals surface area contributed by atoms with Crippen LogP contribution < -0.4 is 5.32 Å². The van der Waals surface area contributed by atoms with Gasteiger partial charge in [0.25, 0.3) is 5.91 Å². The smallest absolute Gasteiger partial charge is 0.319 e. The summed E-state index contributed by atoms with van der Waals surface area (Å²) in [4.78, 5) is 25.5. The third-order valence-electron chi connectivity index (χ3n) is 3.88. The van der Waals surface area contributed by atoms with E-state index in [1.54, 1.807) is 6.92 Å². The predicted molar refractivity (Wildman–Crippen MR) is 78.4 cm³/mol. The summed E-state index contributed by atoms with van der Waals surface area (Å²) >= 11 is 0. The summed E-state index contributed by atoms with van der Waals surface area (Å²) in [5.74, 6) is 0.105. The summed E-state index contributed by atoms with van der Waals surface area (Å²) in [6.45, 7) is 6.02. The molecule has 0 radical (unpaired) electrons. The van der Waals surface area contributed by atoms with Gasteiger partial charge in [-0.15, -0.1) is 0 Å². The molecule has 110 valence electrons. The molecule has 1 fully saturated rings. The molecule has 1 unspecified atom stereocenters. The van der Waals surface area contributed by atoms with Gasteiger partial charge in [-0.2, -0.15) is 5.26 Å². The van der Waals surface area contributed by atoms with E-state index in [4.69, 9.17) is 5.26 Å². The number of imide groups is 1. The van der Waals surface area contributed by atoms with Crippen molar-refractivity contribution >= 4 is 11.9 Å². The van der Waals surface area contributed by atoms with E-state index in [0.29, 0.717) is 5.92 Å². The standard InChI is InChI=1S/C16H19N3O2/c1-11(2)12-5-7-13(8-6-12)16(3)14(20)19(10-4-9-17)15(21)18-16/h5-8,11H,4,10H2,1-3H3,(H,18,21). The van der Waals surface area contributed by atoms with Gasteiger partial charge in [-0.05, 0) is 24.0 Å². The summed E-state index contributed by atoms with van der Waals surface area (Å²) in [7, 11) is 0. The second kappa shape index (κ2) is 5.57. The molecule has 1 aliphatic rings. The summed E-state index contributed by atoms with van der Waals surface area (Å²) in [6.07, 6.45) is 0.140. The number of urea groups is 1. The van der Waals surface area contributed by atoms with Crippen molar-refractivity contribution in [2.24, 2.45) is 0 Å². The summed E-state index contributed by atoms with van der Waals surface area (Å²) in [5, 5.41) is 11.3. The third-order valence-corrected chi connectivity index (χ3v) is 3.88. The second-order valence-corrected chi connectivity index (χ2v) is 5.70. The van der Waals surface area contributed by atoms with E-state index < -0.39 is 11.6 Å². The molecule has 1 heterocycles. The lowest BCUT2D eigenvalue weighted by atomic mass is 9.90. The zero-order valence-corrected chi connectivity index (χ0v) is 12.5. The monoisotopic (exact) mass is 285 g/mol. The molecule has 21 heavy (non-hydrogen) atoms. The molecule has 0 aromatic heterocycles. The number of hydrogen-bond acceptors (Lipinski definition) is 3. The number of nitrogens with one attached hydrogen (secondary N) is 1. The minimum atomic E-state index is -1.05. The van der Waals surface area contributed by atoms with Crippen LogP contribution in [0.4, 0.5) is 4.79 Å². The van der Waals surface area contributed by atoms with Crippen LogP contribution in [0.5, 0.6) is 0 Å². The van der Waals surface area contributed by atoms with Crippen LogP contribution in [-0.4, -0.2) is 23.4 Å². The first kappa shape index (κ1) is 15.0. The fourth-order valence-corrected chi connectivity index (χ4v) is 2.46. The number of benzene rings is 1. The molecule has 1 aromatic rings. The van der Waals surface area contributed by atoms with Crippen molar-refractivity contribution in [3.8, 4) is 6.07 Å². The lowest BCUT2D eigenvalue weighted by molar-refractivity contribution is -0.131. The summed E-state index contributed by atoms with van der Waals surface area (Å²) < 4.78 is 0. The van der Waals surface area contributed by atoms with Gasteiger partial charge in [0, 0.05) is 6.54 Å². The number of carbonyl (C=O) groups excluding carboxylic acids is 2. The number of nitrogens with zero attached hydrogens (tertiary/aromatic N) is 2. The number of rotatable bonds is 4. The quantitative estimate of drug-likeness (QED) is 0.864. The number of amides is 3. The maximum atomic E-state index is 12.5.